The van der Waals surface area contributed by atoms with Gasteiger partial charge in [-0.25, -0.2) is 19.7 Å². The molecule has 1 atom stereocenters. The molecule has 0 bridgehead atoms. The maximum absolute atomic E-state index is 11.3. The summed E-state index contributed by atoms with van der Waals surface area (Å²) in [7, 11) is -9.54. The van der Waals surface area contributed by atoms with Gasteiger partial charge in [-0.05, 0) is 12.5 Å². The van der Waals surface area contributed by atoms with Gasteiger partial charge in [-0.1, -0.05) is 6.08 Å². The Morgan fingerprint density at radius 1 is 1.44 bits per heavy atom. The predicted molar refractivity (Wildman–Crippen MR) is 52.8 cm³/mol. The Morgan fingerprint density at radius 3 is 2.38 bits per heavy atom. The lowest BCUT2D eigenvalue weighted by atomic mass is 10.3. The molecule has 11 heteroatoms. The molecule has 0 aromatic heterocycles. The van der Waals surface area contributed by atoms with Gasteiger partial charge in [0.1, 0.15) is 0 Å². The van der Waals surface area contributed by atoms with Crippen molar-refractivity contribution in [1.29, 1.82) is 0 Å². The Morgan fingerprint density at radius 2 is 2.00 bits per heavy atom. The molecule has 0 heterocycles. The van der Waals surface area contributed by atoms with Crippen LogP contribution in [0, 0.1) is 0 Å². The molecule has 16 heavy (non-hydrogen) atoms. The molecule has 0 aliphatic rings. The van der Waals surface area contributed by atoms with E-state index in [1.165, 1.54) is 6.08 Å². The summed E-state index contributed by atoms with van der Waals surface area (Å²) in [6, 6.07) is 0. The maximum Gasteiger partial charge on any atom is 0.500 e. The molecule has 0 aromatic carbocycles. The number of nitrogens with two attached hydrogens (primary N) is 1. The van der Waals surface area contributed by atoms with Gasteiger partial charge in [0.25, 0.3) is 0 Å². The van der Waals surface area contributed by atoms with Crippen LogP contribution >= 0.6 is 15.6 Å². The molecule has 0 aliphatic heterocycles. The van der Waals surface area contributed by atoms with E-state index in [0.29, 0.717) is 5.57 Å². The molecule has 5 N–H and O–H groups in total. The minimum Gasteiger partial charge on any atom is -0.392 e. The minimum atomic E-state index is -5.04. The zero-order chi connectivity index (χ0) is 12.8. The van der Waals surface area contributed by atoms with Crippen LogP contribution < -0.4 is 5.90 Å². The standard InChI is InChI=1S/C5H13NO8P2/c1-5(4-7)2-3-12-16(11,13-6)14-15(8,9)10/h2,7H,3-4,6H2,1H3,(H2,8,9,10)/b5-2+. The average molecular weight is 277 g/mol. The molecule has 0 radical (unpaired) electrons. The Balaban J connectivity index is 4.40. The first-order chi connectivity index (χ1) is 7.22. The fraction of sp³-hybridized carbons (Fsp3) is 0.600. The van der Waals surface area contributed by atoms with Crippen molar-refractivity contribution >= 4 is 15.6 Å². The monoisotopic (exact) mass is 277 g/mol. The lowest BCUT2D eigenvalue weighted by Crippen LogP contribution is -2.04. The van der Waals surface area contributed by atoms with Crippen molar-refractivity contribution in [3.8, 4) is 0 Å². The third-order valence-corrected chi connectivity index (χ3v) is 3.62. The predicted octanol–water partition coefficient (Wildman–Crippen LogP) is 0.0493. The Labute approximate surface area is 91.6 Å². The summed E-state index contributed by atoms with van der Waals surface area (Å²) in [5, 5.41) is 8.60. The zero-order valence-corrected chi connectivity index (χ0v) is 10.1. The van der Waals surface area contributed by atoms with E-state index < -0.39 is 15.6 Å². The van der Waals surface area contributed by atoms with Crippen molar-refractivity contribution in [3.05, 3.63) is 11.6 Å². The SMILES string of the molecule is C/C(=C\COP(=O)(ON)OP(=O)(O)O)CO. The second kappa shape index (κ2) is 6.61. The quantitative estimate of drug-likeness (QED) is 0.287. The van der Waals surface area contributed by atoms with E-state index >= 15 is 0 Å². The van der Waals surface area contributed by atoms with Crippen molar-refractivity contribution in [3.63, 3.8) is 0 Å². The van der Waals surface area contributed by atoms with Gasteiger partial charge in [-0.15, -0.1) is 0 Å². The van der Waals surface area contributed by atoms with Gasteiger partial charge < -0.3 is 14.9 Å². The van der Waals surface area contributed by atoms with E-state index in [-0.39, 0.29) is 13.2 Å². The summed E-state index contributed by atoms with van der Waals surface area (Å²) >= 11 is 0. The topological polar surface area (TPSA) is 149 Å². The van der Waals surface area contributed by atoms with Crippen LogP contribution in [-0.4, -0.2) is 28.1 Å². The summed E-state index contributed by atoms with van der Waals surface area (Å²) in [5.74, 6) is 4.54. The number of phosphoric acid groups is 2. The lowest BCUT2D eigenvalue weighted by Gasteiger charge is -2.14. The first kappa shape index (κ1) is 15.9. The Hall–Kier alpha value is -0.0800. The van der Waals surface area contributed by atoms with Gasteiger partial charge in [0.15, 0.2) is 0 Å². The summed E-state index contributed by atoms with van der Waals surface area (Å²) < 4.78 is 33.6. The van der Waals surface area contributed by atoms with Crippen LogP contribution in [0.15, 0.2) is 11.6 Å². The van der Waals surface area contributed by atoms with E-state index in [9.17, 15) is 9.13 Å². The van der Waals surface area contributed by atoms with Crippen LogP contribution in [0.2, 0.25) is 0 Å². The number of rotatable bonds is 7. The Kier molecular flexibility index (Phi) is 6.57. The van der Waals surface area contributed by atoms with E-state index in [2.05, 4.69) is 19.4 Å². The third kappa shape index (κ3) is 7.24. The summed E-state index contributed by atoms with van der Waals surface area (Å²) in [6.07, 6.45) is 1.31. The molecule has 0 saturated heterocycles. The second-order valence-electron chi connectivity index (χ2n) is 2.63. The number of aliphatic hydroxyl groups is 1. The number of aliphatic hydroxyl groups excluding tert-OH is 1. The molecule has 9 nitrogen and oxygen atoms in total. The van der Waals surface area contributed by atoms with Gasteiger partial charge in [0, 0.05) is 0 Å². The van der Waals surface area contributed by atoms with Gasteiger partial charge >= 0.3 is 15.6 Å². The summed E-state index contributed by atoms with van der Waals surface area (Å²) in [4.78, 5) is 16.8. The van der Waals surface area contributed by atoms with Crippen LogP contribution in [0.25, 0.3) is 0 Å². The first-order valence-electron chi connectivity index (χ1n) is 3.89. The van der Waals surface area contributed by atoms with Crippen molar-refractivity contribution < 1.29 is 37.5 Å². The van der Waals surface area contributed by atoms with Crippen LogP contribution in [0.5, 0.6) is 0 Å². The van der Waals surface area contributed by atoms with Crippen LogP contribution in [-0.2, 0) is 22.6 Å². The summed E-state index contributed by atoms with van der Waals surface area (Å²) in [6.45, 7) is 0.971. The third-order valence-electron chi connectivity index (χ3n) is 1.25. The maximum atomic E-state index is 11.3. The van der Waals surface area contributed by atoms with Crippen LogP contribution in [0.1, 0.15) is 6.92 Å². The van der Waals surface area contributed by atoms with Crippen LogP contribution in [0.4, 0.5) is 0 Å². The minimum absolute atomic E-state index is 0.240. The highest BCUT2D eigenvalue weighted by Crippen LogP contribution is 2.60. The van der Waals surface area contributed by atoms with Crippen molar-refractivity contribution in [2.45, 2.75) is 6.92 Å². The van der Waals surface area contributed by atoms with E-state index in [1.54, 1.807) is 6.92 Å². The molecule has 0 fully saturated rings. The molecule has 0 amide bonds. The molecule has 0 aromatic rings. The van der Waals surface area contributed by atoms with Gasteiger partial charge in [-0.3, -0.25) is 4.52 Å². The first-order valence-corrected chi connectivity index (χ1v) is 6.88. The Bertz CT molecular complexity index is 335. The average Bonchev–Trinajstić information content (AvgIpc) is 2.14. The largest absolute Gasteiger partial charge is 0.500 e. The van der Waals surface area contributed by atoms with E-state index in [4.69, 9.17) is 14.9 Å². The van der Waals surface area contributed by atoms with Crippen molar-refractivity contribution in [1.82, 2.24) is 0 Å². The molecule has 0 saturated carbocycles. The van der Waals surface area contributed by atoms with E-state index in [0.717, 1.165) is 0 Å². The fourth-order valence-electron chi connectivity index (χ4n) is 0.539. The molecule has 96 valence electrons. The fourth-order valence-corrected chi connectivity index (χ4v) is 2.24. The van der Waals surface area contributed by atoms with E-state index in [1.807, 2.05) is 0 Å². The van der Waals surface area contributed by atoms with Crippen molar-refractivity contribution in [2.24, 2.45) is 5.90 Å². The summed E-state index contributed by atoms with van der Waals surface area (Å²) in [5.41, 5.74) is 0.500. The molecule has 1 unspecified atom stereocenters. The van der Waals surface area contributed by atoms with Gasteiger partial charge in [-0.2, -0.15) is 4.31 Å². The van der Waals surface area contributed by atoms with Crippen LogP contribution in [0.3, 0.4) is 0 Å². The number of hydrogen-bond acceptors (Lipinski definition) is 7. The highest BCUT2D eigenvalue weighted by atomic mass is 31.3. The highest BCUT2D eigenvalue weighted by molar-refractivity contribution is 7.61. The second-order valence-corrected chi connectivity index (χ2v) is 5.63. The normalized spacial score (nSPS) is 17.2. The van der Waals surface area contributed by atoms with Gasteiger partial charge in [0.05, 0.1) is 13.2 Å². The lowest BCUT2D eigenvalue weighted by molar-refractivity contribution is 0.150. The van der Waals surface area contributed by atoms with Crippen molar-refractivity contribution in [2.75, 3.05) is 13.2 Å². The molecule has 0 spiro atoms. The molecular formula is C5H13NO8P2. The highest BCUT2D eigenvalue weighted by Gasteiger charge is 2.35. The zero-order valence-electron chi connectivity index (χ0n) is 8.35. The van der Waals surface area contributed by atoms with Gasteiger partial charge in [0.2, 0.25) is 0 Å². The number of hydrogen-bond donors (Lipinski definition) is 4. The molecule has 0 rings (SSSR count). The smallest absolute Gasteiger partial charge is 0.392 e. The molecular weight excluding hydrogens is 264 g/mol. The molecule has 0 aliphatic carbocycles.